The smallest absolute Gasteiger partial charge is 0.153 e. The molecule has 0 spiro atoms. The number of fused-ring (bicyclic) bond motifs is 1. The van der Waals surface area contributed by atoms with Gasteiger partial charge in [0.05, 0.1) is 10.6 Å². The van der Waals surface area contributed by atoms with E-state index < -0.39 is 29.9 Å². The molecule has 2 aromatic heterocycles. The van der Waals surface area contributed by atoms with Crippen LogP contribution in [-0.2, 0) is 16.2 Å². The van der Waals surface area contributed by atoms with Crippen LogP contribution in [0.25, 0.3) is 22.0 Å². The maximum absolute atomic E-state index is 16.1. The van der Waals surface area contributed by atoms with Crippen LogP contribution in [-0.4, -0.2) is 49.4 Å². The summed E-state index contributed by atoms with van der Waals surface area (Å²) in [5, 5.41) is 14.9. The second-order valence-electron chi connectivity index (χ2n) is 8.74. The summed E-state index contributed by atoms with van der Waals surface area (Å²) in [7, 11) is 2.94. The number of allylic oxidation sites excluding steroid dienone is 4. The number of benzene rings is 1. The summed E-state index contributed by atoms with van der Waals surface area (Å²) in [6.45, 7) is -0.596. The molecule has 0 bridgehead atoms. The lowest BCUT2D eigenvalue weighted by molar-refractivity contribution is 0.134. The Hall–Kier alpha value is -3.61. The van der Waals surface area contributed by atoms with E-state index >= 15 is 4.39 Å². The van der Waals surface area contributed by atoms with Crippen LogP contribution >= 0.6 is 11.9 Å². The number of methoxy groups -OCH3 is 2. The van der Waals surface area contributed by atoms with E-state index in [4.69, 9.17) is 9.47 Å². The normalized spacial score (nSPS) is 14.1. The number of alkyl halides is 1. The zero-order valence-corrected chi connectivity index (χ0v) is 22.8. The third kappa shape index (κ3) is 6.40. The van der Waals surface area contributed by atoms with Crippen molar-refractivity contribution in [3.8, 4) is 0 Å². The van der Waals surface area contributed by atoms with Gasteiger partial charge >= 0.3 is 0 Å². The molecule has 0 fully saturated rings. The van der Waals surface area contributed by atoms with Crippen molar-refractivity contribution in [3.05, 3.63) is 93.9 Å². The molecule has 0 unspecified atom stereocenters. The average molecular weight is 575 g/mol. The summed E-state index contributed by atoms with van der Waals surface area (Å²) >= 11 is 0.795. The monoisotopic (exact) mass is 574 g/mol. The number of nitrogens with one attached hydrogen (secondary N) is 1. The van der Waals surface area contributed by atoms with Gasteiger partial charge in [-0.15, -0.1) is 5.71 Å². The van der Waals surface area contributed by atoms with E-state index in [1.807, 2.05) is 0 Å². The van der Waals surface area contributed by atoms with Crippen LogP contribution in [0.15, 0.2) is 71.6 Å². The van der Waals surface area contributed by atoms with Gasteiger partial charge in [-0.2, -0.15) is 0 Å². The minimum absolute atomic E-state index is 0.00885. The molecule has 0 amide bonds. The second-order valence-corrected chi connectivity index (χ2v) is 9.80. The number of hydrogen-bond donors (Lipinski definition) is 1. The summed E-state index contributed by atoms with van der Waals surface area (Å²) in [4.78, 5) is 4.40. The Labute approximate surface area is 233 Å². The first-order valence-corrected chi connectivity index (χ1v) is 13.1. The Morgan fingerprint density at radius 3 is 2.73 bits per heavy atom. The fraction of sp³-hybridized carbons (Fsp3) is 0.286. The summed E-state index contributed by atoms with van der Waals surface area (Å²) in [6, 6.07) is 7.81. The van der Waals surface area contributed by atoms with Crippen LogP contribution in [0.2, 0.25) is 0 Å². The first-order valence-electron chi connectivity index (χ1n) is 12.4. The Balaban J connectivity index is 1.76. The van der Waals surface area contributed by atoms with Gasteiger partial charge in [0.2, 0.25) is 0 Å². The molecule has 2 heterocycles. The minimum Gasteiger partial charge on any atom is -0.803 e. The van der Waals surface area contributed by atoms with E-state index in [1.165, 1.54) is 35.8 Å². The molecular weight excluding hydrogens is 546 g/mol. The van der Waals surface area contributed by atoms with Crippen molar-refractivity contribution >= 4 is 40.0 Å². The highest BCUT2D eigenvalue weighted by molar-refractivity contribution is 8.04. The van der Waals surface area contributed by atoms with Gasteiger partial charge in [0.15, 0.2) is 5.82 Å². The molecule has 0 aliphatic heterocycles. The Bertz CT molecular complexity index is 1470. The number of halogens is 4. The average Bonchev–Trinajstić information content (AvgIpc) is 3.36. The van der Waals surface area contributed by atoms with Crippen LogP contribution in [0.4, 0.5) is 23.2 Å². The number of nitrogens with zero attached hydrogens (tertiary/aromatic N) is 4. The number of anilines is 1. The van der Waals surface area contributed by atoms with Crippen LogP contribution in [0.5, 0.6) is 0 Å². The molecule has 4 rings (SSSR count). The van der Waals surface area contributed by atoms with E-state index in [0.29, 0.717) is 16.6 Å². The zero-order chi connectivity index (χ0) is 28.6. The first-order chi connectivity index (χ1) is 19.4. The van der Waals surface area contributed by atoms with Gasteiger partial charge in [0.25, 0.3) is 0 Å². The predicted molar refractivity (Wildman–Crippen MR) is 151 cm³/mol. The van der Waals surface area contributed by atoms with Gasteiger partial charge in [-0.3, -0.25) is 4.31 Å². The molecule has 1 aliphatic carbocycles. The summed E-state index contributed by atoms with van der Waals surface area (Å²) < 4.78 is 70.8. The van der Waals surface area contributed by atoms with Crippen molar-refractivity contribution in [3.63, 3.8) is 0 Å². The van der Waals surface area contributed by atoms with Gasteiger partial charge in [-0.05, 0) is 52.9 Å². The van der Waals surface area contributed by atoms with Crippen molar-refractivity contribution in [2.75, 3.05) is 38.5 Å². The Morgan fingerprint density at radius 1 is 1.15 bits per heavy atom. The molecular formula is C28H28F4N5O2S-. The predicted octanol–water partition coefficient (Wildman–Crippen LogP) is 6.62. The highest BCUT2D eigenvalue weighted by Gasteiger charge is 2.22. The van der Waals surface area contributed by atoms with E-state index in [1.54, 1.807) is 36.2 Å². The molecule has 12 heteroatoms. The lowest BCUT2D eigenvalue weighted by Crippen LogP contribution is -2.20. The lowest BCUT2D eigenvalue weighted by atomic mass is 9.94. The van der Waals surface area contributed by atoms with E-state index in [-0.39, 0.29) is 54.6 Å². The minimum atomic E-state index is -0.815. The van der Waals surface area contributed by atoms with Crippen LogP contribution in [0, 0.1) is 5.82 Å². The van der Waals surface area contributed by atoms with Crippen molar-refractivity contribution in [2.45, 2.75) is 19.6 Å². The quantitative estimate of drug-likeness (QED) is 0.0813. The fourth-order valence-electron chi connectivity index (χ4n) is 4.21. The van der Waals surface area contributed by atoms with Crippen LogP contribution in [0.3, 0.4) is 0 Å². The third-order valence-electron chi connectivity index (χ3n) is 6.06. The molecule has 40 heavy (non-hydrogen) atoms. The van der Waals surface area contributed by atoms with Crippen LogP contribution < -0.4 is 9.62 Å². The molecule has 7 nitrogen and oxygen atoms in total. The Kier molecular flexibility index (Phi) is 10.0. The lowest BCUT2D eigenvalue weighted by Gasteiger charge is -2.27. The third-order valence-corrected chi connectivity index (χ3v) is 7.11. The largest absolute Gasteiger partial charge is 0.803 e. The van der Waals surface area contributed by atoms with Crippen molar-refractivity contribution in [1.82, 2.24) is 14.9 Å². The fourth-order valence-corrected chi connectivity index (χ4v) is 5.23. The maximum Gasteiger partial charge on any atom is 0.153 e. The summed E-state index contributed by atoms with van der Waals surface area (Å²) in [5.41, 5.74) is 0.694. The molecule has 1 aliphatic rings. The van der Waals surface area contributed by atoms with Gasteiger partial charge in [-0.1, -0.05) is 12.1 Å². The molecule has 1 N–H and O–H groups in total. The van der Waals surface area contributed by atoms with Crippen LogP contribution in [0.1, 0.15) is 24.0 Å². The second kappa shape index (κ2) is 13.6. The van der Waals surface area contributed by atoms with Gasteiger partial charge in [-0.25, -0.2) is 22.5 Å². The molecule has 3 aromatic rings. The highest BCUT2D eigenvalue weighted by Crippen LogP contribution is 2.39. The molecule has 212 valence electrons. The Morgan fingerprint density at radius 2 is 1.98 bits per heavy atom. The number of aromatic nitrogens is 2. The standard InChI is InChI=1S/C28H28F4N5O2S/c1-38-16-36-13-9-20-19(8-11-35-28(20)36)22(15-34-12-10-29)27(33)21-4-3-5-24(26(21)32)37(17-39-2)40-25-14-18(30)6-7-23(25)31/h3-5,8-9,11,13-15,34H,6-7,10,12,16-17H2,1-2H3/q-1/b22-15-. The van der Waals surface area contributed by atoms with E-state index in [2.05, 4.69) is 10.3 Å². The maximum atomic E-state index is 16.1. The molecule has 0 saturated carbocycles. The molecule has 1 aromatic carbocycles. The van der Waals surface area contributed by atoms with Crippen molar-refractivity contribution < 1.29 is 27.0 Å². The number of hydrogen-bond acceptors (Lipinski definition) is 6. The summed E-state index contributed by atoms with van der Waals surface area (Å²) in [5.74, 6) is -1.80. The first kappa shape index (κ1) is 29.4. The topological polar surface area (TPSA) is 73.9 Å². The zero-order valence-electron chi connectivity index (χ0n) is 22.0. The SMILES string of the molecule is COCN(SC1=C(F)CCC(F)=C1)c1cccc(C(=[N-])/C(=C\NCCF)c2ccnc3c2ccn3COC)c1F. The number of ether oxygens (including phenoxy) is 2. The van der Waals surface area contributed by atoms with E-state index in [0.717, 1.165) is 18.0 Å². The molecule has 0 saturated heterocycles. The molecule has 0 radical (unpaired) electrons. The molecule has 0 atom stereocenters. The van der Waals surface area contributed by atoms with Gasteiger partial charge < -0.3 is 24.8 Å². The van der Waals surface area contributed by atoms with Crippen molar-refractivity contribution in [1.29, 1.82) is 0 Å². The number of pyridine rings is 1. The van der Waals surface area contributed by atoms with Gasteiger partial charge in [0.1, 0.15) is 37.4 Å². The van der Waals surface area contributed by atoms with Gasteiger partial charge in [0, 0.05) is 57.6 Å². The number of rotatable bonds is 13. The highest BCUT2D eigenvalue weighted by atomic mass is 32.2. The van der Waals surface area contributed by atoms with E-state index in [9.17, 15) is 18.6 Å². The van der Waals surface area contributed by atoms with Crippen molar-refractivity contribution in [2.24, 2.45) is 0 Å². The summed E-state index contributed by atoms with van der Waals surface area (Å²) in [6.07, 6.45) is 5.69.